The molecular formula is C9H11BrO. The molecule has 11 heavy (non-hydrogen) atoms. The molecule has 0 aromatic heterocycles. The monoisotopic (exact) mass is 214 g/mol. The molecule has 0 spiro atoms. The van der Waals surface area contributed by atoms with Crippen molar-refractivity contribution in [3.05, 3.63) is 22.7 Å². The van der Waals surface area contributed by atoms with Gasteiger partial charge in [-0.05, 0) is 18.1 Å². The predicted molar refractivity (Wildman–Crippen MR) is 49.5 cm³/mol. The molecule has 1 aliphatic carbocycles. The van der Waals surface area contributed by atoms with E-state index in [1.54, 1.807) is 6.08 Å². The molecule has 0 heterocycles. The summed E-state index contributed by atoms with van der Waals surface area (Å²) < 4.78 is 1.00. The van der Waals surface area contributed by atoms with Crippen molar-refractivity contribution in [3.8, 4) is 0 Å². The van der Waals surface area contributed by atoms with Crippen LogP contribution < -0.4 is 0 Å². The van der Waals surface area contributed by atoms with E-state index >= 15 is 0 Å². The fourth-order valence-corrected chi connectivity index (χ4v) is 1.57. The van der Waals surface area contributed by atoms with Gasteiger partial charge in [0.2, 0.25) is 0 Å². The second-order valence-corrected chi connectivity index (χ2v) is 3.85. The van der Waals surface area contributed by atoms with Gasteiger partial charge in [0.15, 0.2) is 5.78 Å². The molecular weight excluding hydrogens is 204 g/mol. The standard InChI is InChI=1S/C9H11BrO/c1-6-5-8(10)3-4-9(11)7(6)2/h3-7H,1-2H3. The maximum Gasteiger partial charge on any atom is 0.159 e. The Morgan fingerprint density at radius 2 is 2.00 bits per heavy atom. The molecule has 0 bridgehead atoms. The molecule has 0 saturated carbocycles. The Bertz CT molecular complexity index is 228. The van der Waals surface area contributed by atoms with Crippen molar-refractivity contribution in [2.24, 2.45) is 11.8 Å². The van der Waals surface area contributed by atoms with Crippen molar-refractivity contribution in [1.82, 2.24) is 0 Å². The minimum Gasteiger partial charge on any atom is -0.295 e. The number of carbonyl (C=O) groups is 1. The highest BCUT2D eigenvalue weighted by Crippen LogP contribution is 2.22. The summed E-state index contributed by atoms with van der Waals surface area (Å²) in [7, 11) is 0. The third-order valence-electron chi connectivity index (χ3n) is 2.07. The summed E-state index contributed by atoms with van der Waals surface area (Å²) in [4.78, 5) is 11.2. The van der Waals surface area contributed by atoms with Crippen molar-refractivity contribution in [2.75, 3.05) is 0 Å². The molecule has 1 aliphatic rings. The zero-order valence-electron chi connectivity index (χ0n) is 6.67. The van der Waals surface area contributed by atoms with Gasteiger partial charge in [-0.25, -0.2) is 0 Å². The van der Waals surface area contributed by atoms with Crippen LogP contribution in [0.2, 0.25) is 0 Å². The number of allylic oxidation sites excluding steroid dienone is 4. The first-order valence-corrected chi connectivity index (χ1v) is 4.50. The Morgan fingerprint density at radius 1 is 1.36 bits per heavy atom. The first-order chi connectivity index (χ1) is 5.11. The minimum atomic E-state index is 0.112. The maximum absolute atomic E-state index is 11.2. The smallest absolute Gasteiger partial charge is 0.159 e. The van der Waals surface area contributed by atoms with E-state index < -0.39 is 0 Å². The van der Waals surface area contributed by atoms with Crippen LogP contribution in [0.25, 0.3) is 0 Å². The molecule has 0 radical (unpaired) electrons. The summed E-state index contributed by atoms with van der Waals surface area (Å²) in [5.74, 6) is 0.649. The fraction of sp³-hybridized carbons (Fsp3) is 0.444. The molecule has 0 fully saturated rings. The normalized spacial score (nSPS) is 31.5. The molecule has 0 saturated heterocycles. The molecule has 1 rings (SSSR count). The summed E-state index contributed by atoms with van der Waals surface area (Å²) >= 11 is 3.36. The topological polar surface area (TPSA) is 17.1 Å². The van der Waals surface area contributed by atoms with Crippen molar-refractivity contribution in [2.45, 2.75) is 13.8 Å². The van der Waals surface area contributed by atoms with Crippen LogP contribution in [-0.2, 0) is 4.79 Å². The van der Waals surface area contributed by atoms with Crippen LogP contribution in [-0.4, -0.2) is 5.78 Å². The van der Waals surface area contributed by atoms with Crippen LogP contribution in [0, 0.1) is 11.8 Å². The van der Waals surface area contributed by atoms with Crippen LogP contribution in [0.5, 0.6) is 0 Å². The van der Waals surface area contributed by atoms with E-state index in [0.717, 1.165) is 4.48 Å². The van der Waals surface area contributed by atoms with Gasteiger partial charge < -0.3 is 0 Å². The molecule has 2 atom stereocenters. The van der Waals surface area contributed by atoms with Crippen LogP contribution in [0.1, 0.15) is 13.8 Å². The van der Waals surface area contributed by atoms with E-state index in [2.05, 4.69) is 28.9 Å². The zero-order chi connectivity index (χ0) is 8.43. The highest BCUT2D eigenvalue weighted by atomic mass is 79.9. The number of carbonyl (C=O) groups excluding carboxylic acids is 1. The first kappa shape index (κ1) is 8.72. The summed E-state index contributed by atoms with van der Waals surface area (Å²) in [5, 5.41) is 0. The minimum absolute atomic E-state index is 0.112. The molecule has 0 aliphatic heterocycles. The number of halogens is 1. The SMILES string of the molecule is CC1C=C(Br)C=CC(=O)C1C. The summed E-state index contributed by atoms with van der Waals surface area (Å²) in [6.45, 7) is 4.01. The Balaban J connectivity index is 2.90. The van der Waals surface area contributed by atoms with Gasteiger partial charge in [0, 0.05) is 10.4 Å². The average molecular weight is 215 g/mol. The van der Waals surface area contributed by atoms with Crippen LogP contribution in [0.4, 0.5) is 0 Å². The molecule has 1 nitrogen and oxygen atoms in total. The third-order valence-corrected chi connectivity index (χ3v) is 2.60. The van der Waals surface area contributed by atoms with Crippen molar-refractivity contribution in [3.63, 3.8) is 0 Å². The van der Waals surface area contributed by atoms with Crippen molar-refractivity contribution >= 4 is 21.7 Å². The van der Waals surface area contributed by atoms with E-state index in [1.807, 2.05) is 13.0 Å². The molecule has 0 aromatic rings. The number of rotatable bonds is 0. The largest absolute Gasteiger partial charge is 0.295 e. The van der Waals surface area contributed by atoms with Gasteiger partial charge in [0.05, 0.1) is 0 Å². The van der Waals surface area contributed by atoms with Crippen LogP contribution in [0.15, 0.2) is 22.7 Å². The Labute approximate surface area is 75.3 Å². The van der Waals surface area contributed by atoms with Gasteiger partial charge in [-0.3, -0.25) is 4.79 Å². The molecule has 0 amide bonds. The first-order valence-electron chi connectivity index (χ1n) is 3.70. The van der Waals surface area contributed by atoms with Crippen molar-refractivity contribution in [1.29, 1.82) is 0 Å². The van der Waals surface area contributed by atoms with Gasteiger partial charge in [-0.2, -0.15) is 0 Å². The summed E-state index contributed by atoms with van der Waals surface area (Å²) in [6.07, 6.45) is 5.50. The van der Waals surface area contributed by atoms with Gasteiger partial charge >= 0.3 is 0 Å². The number of ketones is 1. The maximum atomic E-state index is 11.2. The predicted octanol–water partition coefficient (Wildman–Crippen LogP) is 2.68. The fourth-order valence-electron chi connectivity index (χ4n) is 1.02. The Hall–Kier alpha value is -0.370. The van der Waals surface area contributed by atoms with Crippen molar-refractivity contribution < 1.29 is 4.79 Å². The van der Waals surface area contributed by atoms with E-state index in [1.165, 1.54) is 0 Å². The summed E-state index contributed by atoms with van der Waals surface area (Å²) in [5.41, 5.74) is 0. The highest BCUT2D eigenvalue weighted by Gasteiger charge is 2.18. The van der Waals surface area contributed by atoms with E-state index in [-0.39, 0.29) is 11.7 Å². The molecule has 2 unspecified atom stereocenters. The van der Waals surface area contributed by atoms with Gasteiger partial charge in [0.1, 0.15) is 0 Å². The van der Waals surface area contributed by atoms with Crippen LogP contribution in [0.3, 0.4) is 0 Å². The second-order valence-electron chi connectivity index (χ2n) is 2.94. The van der Waals surface area contributed by atoms with Gasteiger partial charge in [0.25, 0.3) is 0 Å². The van der Waals surface area contributed by atoms with Gasteiger partial charge in [-0.15, -0.1) is 0 Å². The third kappa shape index (κ3) is 2.03. The summed E-state index contributed by atoms with van der Waals surface area (Å²) in [6, 6.07) is 0. The quantitative estimate of drug-likeness (QED) is 0.607. The van der Waals surface area contributed by atoms with E-state index in [0.29, 0.717) is 5.92 Å². The number of hydrogen-bond donors (Lipinski definition) is 0. The average Bonchev–Trinajstić information content (AvgIpc) is 2.05. The highest BCUT2D eigenvalue weighted by molar-refractivity contribution is 9.11. The Kier molecular flexibility index (Phi) is 2.66. The molecule has 0 N–H and O–H groups in total. The van der Waals surface area contributed by atoms with Gasteiger partial charge in [-0.1, -0.05) is 35.9 Å². The molecule has 0 aromatic carbocycles. The lowest BCUT2D eigenvalue weighted by molar-refractivity contribution is -0.118. The van der Waals surface area contributed by atoms with E-state index in [4.69, 9.17) is 0 Å². The second kappa shape index (κ2) is 3.35. The number of hydrogen-bond acceptors (Lipinski definition) is 1. The van der Waals surface area contributed by atoms with Crippen LogP contribution >= 0.6 is 15.9 Å². The zero-order valence-corrected chi connectivity index (χ0v) is 8.26. The lowest BCUT2D eigenvalue weighted by Crippen LogP contribution is -2.13. The lowest BCUT2D eigenvalue weighted by Gasteiger charge is -2.10. The Morgan fingerprint density at radius 3 is 2.64 bits per heavy atom. The lowest BCUT2D eigenvalue weighted by atomic mass is 9.93. The molecule has 2 heteroatoms. The van der Waals surface area contributed by atoms with E-state index in [9.17, 15) is 4.79 Å². The molecule has 60 valence electrons.